The summed E-state index contributed by atoms with van der Waals surface area (Å²) in [5.41, 5.74) is 0. The van der Waals surface area contributed by atoms with Crippen molar-refractivity contribution in [3.63, 3.8) is 0 Å². The first-order chi connectivity index (χ1) is 5.38. The molecule has 1 unspecified atom stereocenters. The number of imidazole rings is 1. The van der Waals surface area contributed by atoms with Gasteiger partial charge in [0.1, 0.15) is 4.60 Å². The smallest absolute Gasteiger partial charge is 0.105 e. The molecular weight excluding hydrogens is 208 g/mol. The van der Waals surface area contributed by atoms with E-state index in [0.717, 1.165) is 24.2 Å². The summed E-state index contributed by atoms with van der Waals surface area (Å²) in [6.45, 7) is 1.68. The molecule has 0 bridgehead atoms. The van der Waals surface area contributed by atoms with Crippen molar-refractivity contribution in [1.82, 2.24) is 9.55 Å². The minimum atomic E-state index is 0.479. The van der Waals surface area contributed by atoms with Crippen molar-refractivity contribution in [3.8, 4) is 0 Å². The van der Waals surface area contributed by atoms with Gasteiger partial charge in [-0.3, -0.25) is 0 Å². The minimum Gasteiger partial charge on any atom is -0.379 e. The zero-order valence-corrected chi connectivity index (χ0v) is 7.62. The standard InChI is InChI=1S/C7H9BrN2O/c8-7-3-9-5-10(7)6-1-2-11-4-6/h3,5-6H,1-2,4H2. The lowest BCUT2D eigenvalue weighted by Crippen LogP contribution is -2.07. The molecule has 1 aromatic rings. The maximum absolute atomic E-state index is 5.27. The van der Waals surface area contributed by atoms with Crippen molar-refractivity contribution >= 4 is 15.9 Å². The first-order valence-electron chi connectivity index (χ1n) is 3.63. The predicted octanol–water partition coefficient (Wildman–Crippen LogP) is 1.61. The Morgan fingerprint density at radius 2 is 2.64 bits per heavy atom. The summed E-state index contributed by atoms with van der Waals surface area (Å²) in [7, 11) is 0. The van der Waals surface area contributed by atoms with Crippen LogP contribution >= 0.6 is 15.9 Å². The minimum absolute atomic E-state index is 0.479. The van der Waals surface area contributed by atoms with Gasteiger partial charge in [0.05, 0.1) is 25.2 Å². The summed E-state index contributed by atoms with van der Waals surface area (Å²) in [5.74, 6) is 0. The number of halogens is 1. The summed E-state index contributed by atoms with van der Waals surface area (Å²) < 4.78 is 8.41. The van der Waals surface area contributed by atoms with Crippen LogP contribution in [0.4, 0.5) is 0 Å². The summed E-state index contributed by atoms with van der Waals surface area (Å²) in [6.07, 6.45) is 4.73. The van der Waals surface area contributed by atoms with Crippen LogP contribution in [0, 0.1) is 0 Å². The molecule has 0 radical (unpaired) electrons. The van der Waals surface area contributed by atoms with Gasteiger partial charge in [-0.2, -0.15) is 0 Å². The Bertz CT molecular complexity index is 242. The Morgan fingerprint density at radius 1 is 1.73 bits per heavy atom. The van der Waals surface area contributed by atoms with Crippen molar-refractivity contribution < 1.29 is 4.74 Å². The lowest BCUT2D eigenvalue weighted by atomic mass is 10.3. The molecule has 3 nitrogen and oxygen atoms in total. The average Bonchev–Trinajstić information content (AvgIpc) is 2.55. The molecule has 2 rings (SSSR count). The second-order valence-electron chi connectivity index (χ2n) is 2.64. The second kappa shape index (κ2) is 2.95. The van der Waals surface area contributed by atoms with Gasteiger partial charge in [-0.25, -0.2) is 4.98 Å². The third-order valence-corrected chi connectivity index (χ3v) is 2.53. The molecule has 1 atom stereocenters. The maximum atomic E-state index is 5.27. The largest absolute Gasteiger partial charge is 0.379 e. The Kier molecular flexibility index (Phi) is 1.96. The Hall–Kier alpha value is -0.350. The van der Waals surface area contributed by atoms with Crippen LogP contribution in [0.1, 0.15) is 12.5 Å². The first kappa shape index (κ1) is 7.31. The summed E-state index contributed by atoms with van der Waals surface area (Å²) >= 11 is 3.42. The van der Waals surface area contributed by atoms with E-state index in [1.54, 1.807) is 6.20 Å². The molecule has 0 aromatic carbocycles. The molecule has 0 aliphatic carbocycles. The number of hydrogen-bond donors (Lipinski definition) is 0. The highest BCUT2D eigenvalue weighted by Crippen LogP contribution is 2.22. The van der Waals surface area contributed by atoms with E-state index in [0.29, 0.717) is 6.04 Å². The van der Waals surface area contributed by atoms with Gasteiger partial charge in [-0.15, -0.1) is 0 Å². The normalized spacial score (nSPS) is 24.3. The van der Waals surface area contributed by atoms with Crippen LogP contribution in [0.5, 0.6) is 0 Å². The summed E-state index contributed by atoms with van der Waals surface area (Å²) in [5, 5.41) is 0. The van der Waals surface area contributed by atoms with Gasteiger partial charge in [0.25, 0.3) is 0 Å². The lowest BCUT2D eigenvalue weighted by Gasteiger charge is -2.09. The molecule has 1 aliphatic rings. The van der Waals surface area contributed by atoms with Gasteiger partial charge in [0, 0.05) is 6.61 Å². The van der Waals surface area contributed by atoms with Crippen LogP contribution < -0.4 is 0 Å². The molecule has 1 saturated heterocycles. The van der Waals surface area contributed by atoms with Crippen LogP contribution in [0.2, 0.25) is 0 Å². The molecule has 0 amide bonds. The highest BCUT2D eigenvalue weighted by Gasteiger charge is 2.18. The van der Waals surface area contributed by atoms with Crippen LogP contribution in [0.15, 0.2) is 17.1 Å². The molecule has 11 heavy (non-hydrogen) atoms. The van der Waals surface area contributed by atoms with E-state index in [4.69, 9.17) is 4.74 Å². The van der Waals surface area contributed by atoms with E-state index in [2.05, 4.69) is 25.5 Å². The SMILES string of the molecule is Brc1cncn1C1CCOC1. The van der Waals surface area contributed by atoms with Crippen molar-refractivity contribution in [2.24, 2.45) is 0 Å². The number of ether oxygens (including phenoxy) is 1. The van der Waals surface area contributed by atoms with Gasteiger partial charge >= 0.3 is 0 Å². The van der Waals surface area contributed by atoms with Crippen molar-refractivity contribution in [3.05, 3.63) is 17.1 Å². The highest BCUT2D eigenvalue weighted by molar-refractivity contribution is 9.10. The van der Waals surface area contributed by atoms with Gasteiger partial charge in [-0.05, 0) is 22.4 Å². The van der Waals surface area contributed by atoms with Crippen molar-refractivity contribution in [2.75, 3.05) is 13.2 Å². The van der Waals surface area contributed by atoms with Gasteiger partial charge in [0.2, 0.25) is 0 Å². The van der Waals surface area contributed by atoms with E-state index in [9.17, 15) is 0 Å². The quantitative estimate of drug-likeness (QED) is 0.714. The van der Waals surface area contributed by atoms with Gasteiger partial charge in [0.15, 0.2) is 0 Å². The fraction of sp³-hybridized carbons (Fsp3) is 0.571. The van der Waals surface area contributed by atoms with Gasteiger partial charge in [-0.1, -0.05) is 0 Å². The third-order valence-electron chi connectivity index (χ3n) is 1.92. The molecule has 0 saturated carbocycles. The summed E-state index contributed by atoms with van der Waals surface area (Å²) in [4.78, 5) is 4.03. The number of nitrogens with zero attached hydrogens (tertiary/aromatic N) is 2. The Morgan fingerprint density at radius 3 is 3.18 bits per heavy atom. The molecule has 1 aliphatic heterocycles. The summed E-state index contributed by atoms with van der Waals surface area (Å²) in [6, 6.07) is 0.479. The zero-order chi connectivity index (χ0) is 7.68. The third kappa shape index (κ3) is 1.32. The average molecular weight is 217 g/mol. The molecule has 4 heteroatoms. The van der Waals surface area contributed by atoms with Crippen LogP contribution in [0.3, 0.4) is 0 Å². The topological polar surface area (TPSA) is 27.1 Å². The van der Waals surface area contributed by atoms with Crippen LogP contribution in [0.25, 0.3) is 0 Å². The van der Waals surface area contributed by atoms with Crippen LogP contribution in [-0.2, 0) is 4.74 Å². The van der Waals surface area contributed by atoms with E-state index in [-0.39, 0.29) is 0 Å². The van der Waals surface area contributed by atoms with Crippen molar-refractivity contribution in [2.45, 2.75) is 12.5 Å². The molecule has 0 spiro atoms. The van der Waals surface area contributed by atoms with E-state index in [1.165, 1.54) is 0 Å². The maximum Gasteiger partial charge on any atom is 0.105 e. The zero-order valence-electron chi connectivity index (χ0n) is 6.03. The molecule has 1 fully saturated rings. The predicted molar refractivity (Wildman–Crippen MR) is 44.4 cm³/mol. The highest BCUT2D eigenvalue weighted by atomic mass is 79.9. The van der Waals surface area contributed by atoms with Crippen LogP contribution in [-0.4, -0.2) is 22.8 Å². The van der Waals surface area contributed by atoms with Crippen molar-refractivity contribution in [1.29, 1.82) is 0 Å². The Balaban J connectivity index is 2.21. The molecule has 1 aromatic heterocycles. The molecule has 0 N–H and O–H groups in total. The molecule has 60 valence electrons. The van der Waals surface area contributed by atoms with Gasteiger partial charge < -0.3 is 9.30 Å². The van der Waals surface area contributed by atoms with E-state index < -0.39 is 0 Å². The van der Waals surface area contributed by atoms with E-state index in [1.807, 2.05) is 6.33 Å². The lowest BCUT2D eigenvalue weighted by molar-refractivity contribution is 0.186. The Labute approximate surface area is 73.5 Å². The fourth-order valence-corrected chi connectivity index (χ4v) is 1.80. The number of rotatable bonds is 1. The monoisotopic (exact) mass is 216 g/mol. The molecular formula is C7H9BrN2O. The fourth-order valence-electron chi connectivity index (χ4n) is 1.30. The number of aromatic nitrogens is 2. The van der Waals surface area contributed by atoms with E-state index >= 15 is 0 Å². The molecule has 2 heterocycles. The number of hydrogen-bond acceptors (Lipinski definition) is 2. The second-order valence-corrected chi connectivity index (χ2v) is 3.45. The first-order valence-corrected chi connectivity index (χ1v) is 4.42.